The minimum Gasteiger partial charge on any atom is -0.443 e. The van der Waals surface area contributed by atoms with Gasteiger partial charge in [0.1, 0.15) is 0 Å². The minimum absolute atomic E-state index is 0.112. The molecule has 0 aromatic carbocycles. The van der Waals surface area contributed by atoms with Crippen LogP contribution in [-0.4, -0.2) is 11.0 Å². The molecule has 0 aromatic heterocycles. The highest BCUT2D eigenvalue weighted by atomic mass is 79.9. The molecule has 3 heteroatoms. The van der Waals surface area contributed by atoms with Gasteiger partial charge in [0.2, 0.25) is 0 Å². The number of hydrogen-bond acceptors (Lipinski definition) is 2. The fourth-order valence-corrected chi connectivity index (χ4v) is 1.39. The highest BCUT2D eigenvalue weighted by Crippen LogP contribution is 2.32. The van der Waals surface area contributed by atoms with Crippen LogP contribution in [0.15, 0.2) is 11.6 Å². The van der Waals surface area contributed by atoms with Crippen LogP contribution in [0.1, 0.15) is 20.8 Å². The maximum atomic E-state index is 11.1. The summed E-state index contributed by atoms with van der Waals surface area (Å²) in [5, 5.41) is -0.232. The molecule has 1 aliphatic rings. The molecule has 0 saturated heterocycles. The van der Waals surface area contributed by atoms with Crippen molar-refractivity contribution < 1.29 is 9.53 Å². The van der Waals surface area contributed by atoms with E-state index in [2.05, 4.69) is 15.9 Å². The lowest BCUT2D eigenvalue weighted by Crippen LogP contribution is -2.15. The first-order chi connectivity index (χ1) is 4.91. The first-order valence-corrected chi connectivity index (χ1v) is 4.40. The van der Waals surface area contributed by atoms with Crippen LogP contribution in [-0.2, 0) is 9.53 Å². The summed E-state index contributed by atoms with van der Waals surface area (Å²) in [4.78, 5) is 11.1. The second-order valence-corrected chi connectivity index (χ2v) is 4.49. The molecule has 1 aliphatic heterocycles. The van der Waals surface area contributed by atoms with Crippen LogP contribution in [0.25, 0.3) is 0 Å². The smallest absolute Gasteiger partial charge is 0.335 e. The van der Waals surface area contributed by atoms with E-state index in [-0.39, 0.29) is 16.4 Å². The molecule has 1 atom stereocenters. The molecule has 0 aliphatic carbocycles. The molecule has 0 aromatic rings. The Hall–Kier alpha value is -0.310. The van der Waals surface area contributed by atoms with E-state index in [0.717, 1.165) is 5.57 Å². The number of alkyl halides is 1. The molecule has 0 radical (unpaired) electrons. The normalized spacial score (nSPS) is 24.9. The first-order valence-electron chi connectivity index (χ1n) is 3.48. The zero-order chi connectivity index (χ0) is 8.65. The average Bonchev–Trinajstić information content (AvgIpc) is 2.08. The molecule has 0 fully saturated rings. The lowest BCUT2D eigenvalue weighted by molar-refractivity contribution is -0.137. The van der Waals surface area contributed by atoms with Gasteiger partial charge in [-0.2, -0.15) is 0 Å². The monoisotopic (exact) mass is 218 g/mol. The molecule has 1 unspecified atom stereocenters. The Morgan fingerprint density at radius 3 is 2.27 bits per heavy atom. The third-order valence-corrected chi connectivity index (χ3v) is 2.00. The summed E-state index contributed by atoms with van der Waals surface area (Å²) in [6.07, 6.45) is 1.81. The Balaban J connectivity index is 2.88. The maximum absolute atomic E-state index is 11.1. The zero-order valence-electron chi connectivity index (χ0n) is 6.85. The van der Waals surface area contributed by atoms with E-state index in [1.165, 1.54) is 0 Å². The predicted octanol–water partition coefficient (Wildman–Crippen LogP) is 2.24. The number of carbonyl (C=O) groups is 1. The van der Waals surface area contributed by atoms with E-state index >= 15 is 0 Å². The number of esters is 1. The van der Waals surface area contributed by atoms with Crippen molar-refractivity contribution in [3.63, 3.8) is 0 Å². The van der Waals surface area contributed by atoms with Gasteiger partial charge in [-0.3, -0.25) is 0 Å². The van der Waals surface area contributed by atoms with E-state index in [4.69, 9.17) is 4.74 Å². The number of ether oxygens (including phenoxy) is 1. The van der Waals surface area contributed by atoms with Crippen molar-refractivity contribution in [2.45, 2.75) is 25.8 Å². The van der Waals surface area contributed by atoms with Gasteiger partial charge in [-0.05, 0) is 27.4 Å². The van der Waals surface area contributed by atoms with E-state index in [9.17, 15) is 4.79 Å². The molecular weight excluding hydrogens is 208 g/mol. The molecule has 0 N–H and O–H groups in total. The Labute approximate surface area is 74.7 Å². The fourth-order valence-electron chi connectivity index (χ4n) is 0.955. The molecule has 0 saturated carbocycles. The summed E-state index contributed by atoms with van der Waals surface area (Å²) in [6.45, 7) is 5.97. The van der Waals surface area contributed by atoms with Crippen molar-refractivity contribution in [3.8, 4) is 0 Å². The van der Waals surface area contributed by atoms with Crippen LogP contribution in [0.4, 0.5) is 0 Å². The van der Waals surface area contributed by atoms with Crippen LogP contribution in [0.2, 0.25) is 0 Å². The summed E-state index contributed by atoms with van der Waals surface area (Å²) >= 11 is 3.19. The molecule has 0 bridgehead atoms. The van der Waals surface area contributed by atoms with Gasteiger partial charge in [0, 0.05) is 5.57 Å². The molecule has 2 nitrogen and oxygen atoms in total. The Kier molecular flexibility index (Phi) is 2.10. The largest absolute Gasteiger partial charge is 0.443 e. The van der Waals surface area contributed by atoms with E-state index in [1.807, 2.05) is 26.8 Å². The molecule has 62 valence electrons. The lowest BCUT2D eigenvalue weighted by Gasteiger charge is -2.16. The fraction of sp³-hybridized carbons (Fsp3) is 0.625. The Morgan fingerprint density at radius 2 is 2.09 bits per heavy atom. The van der Waals surface area contributed by atoms with Crippen molar-refractivity contribution in [1.82, 2.24) is 0 Å². The maximum Gasteiger partial charge on any atom is 0.335 e. The third-order valence-electron chi connectivity index (χ3n) is 1.55. The lowest BCUT2D eigenvalue weighted by atomic mass is 9.87. The van der Waals surface area contributed by atoms with Gasteiger partial charge in [-0.15, -0.1) is 0 Å². The number of rotatable bonds is 0. The Bertz CT molecular complexity index is 213. The van der Waals surface area contributed by atoms with Crippen molar-refractivity contribution in [3.05, 3.63) is 11.6 Å². The van der Waals surface area contributed by atoms with Gasteiger partial charge in [0.15, 0.2) is 5.01 Å². The summed E-state index contributed by atoms with van der Waals surface area (Å²) in [5.74, 6) is -0.209. The van der Waals surface area contributed by atoms with Crippen LogP contribution in [0, 0.1) is 5.41 Å². The molecule has 0 amide bonds. The summed E-state index contributed by atoms with van der Waals surface area (Å²) in [5.41, 5.74) is 0.638. The number of halogens is 1. The van der Waals surface area contributed by atoms with E-state index in [1.54, 1.807) is 0 Å². The first kappa shape index (κ1) is 8.78. The van der Waals surface area contributed by atoms with Crippen LogP contribution in [0.5, 0.6) is 0 Å². The number of hydrogen-bond donors (Lipinski definition) is 0. The average molecular weight is 219 g/mol. The van der Waals surface area contributed by atoms with Crippen molar-refractivity contribution >= 4 is 21.9 Å². The quantitative estimate of drug-likeness (QED) is 0.461. The molecule has 1 heterocycles. The summed E-state index contributed by atoms with van der Waals surface area (Å²) < 4.78 is 4.89. The molecular formula is C8H11BrO2. The second-order valence-electron chi connectivity index (χ2n) is 3.59. The van der Waals surface area contributed by atoms with Gasteiger partial charge in [0.25, 0.3) is 0 Å². The van der Waals surface area contributed by atoms with Crippen molar-refractivity contribution in [1.29, 1.82) is 0 Å². The van der Waals surface area contributed by atoms with Gasteiger partial charge in [-0.1, -0.05) is 20.8 Å². The molecule has 0 spiro atoms. The van der Waals surface area contributed by atoms with Gasteiger partial charge < -0.3 is 4.74 Å². The van der Waals surface area contributed by atoms with Gasteiger partial charge >= 0.3 is 5.97 Å². The number of cyclic esters (lactones) is 1. The van der Waals surface area contributed by atoms with E-state index in [0.29, 0.717) is 0 Å². The van der Waals surface area contributed by atoms with E-state index < -0.39 is 0 Å². The SMILES string of the molecule is CC(C)(C)C1=CC(Br)OC1=O. The predicted molar refractivity (Wildman–Crippen MR) is 46.3 cm³/mol. The Morgan fingerprint density at radius 1 is 1.55 bits per heavy atom. The topological polar surface area (TPSA) is 26.3 Å². The standard InChI is InChI=1S/C8H11BrO2/c1-8(2,3)5-4-6(9)11-7(5)10/h4,6H,1-3H3. The van der Waals surface area contributed by atoms with Gasteiger partial charge in [0.05, 0.1) is 0 Å². The minimum atomic E-state index is -0.232. The highest BCUT2D eigenvalue weighted by molar-refractivity contribution is 9.09. The summed E-state index contributed by atoms with van der Waals surface area (Å²) in [7, 11) is 0. The molecule has 1 rings (SSSR count). The highest BCUT2D eigenvalue weighted by Gasteiger charge is 2.31. The van der Waals surface area contributed by atoms with Crippen molar-refractivity contribution in [2.24, 2.45) is 5.41 Å². The zero-order valence-corrected chi connectivity index (χ0v) is 8.44. The second kappa shape index (κ2) is 2.63. The van der Waals surface area contributed by atoms with Crippen molar-refractivity contribution in [2.75, 3.05) is 0 Å². The molecule has 11 heavy (non-hydrogen) atoms. The summed E-state index contributed by atoms with van der Waals surface area (Å²) in [6, 6.07) is 0. The van der Waals surface area contributed by atoms with Gasteiger partial charge in [-0.25, -0.2) is 4.79 Å². The third kappa shape index (κ3) is 1.83. The van der Waals surface area contributed by atoms with Crippen LogP contribution >= 0.6 is 15.9 Å². The van der Waals surface area contributed by atoms with Crippen LogP contribution in [0.3, 0.4) is 0 Å². The number of carbonyl (C=O) groups excluding carboxylic acids is 1. The van der Waals surface area contributed by atoms with Crippen LogP contribution < -0.4 is 0 Å².